The lowest BCUT2D eigenvalue weighted by atomic mass is 10.1. The number of ether oxygens (including phenoxy) is 3. The number of benzene rings is 2. The first-order valence-electron chi connectivity index (χ1n) is 7.73. The molecule has 0 radical (unpaired) electrons. The summed E-state index contributed by atoms with van der Waals surface area (Å²) in [6.07, 6.45) is 0. The average Bonchev–Trinajstić information content (AvgIpc) is 2.61. The van der Waals surface area contributed by atoms with Gasteiger partial charge in [0, 0.05) is 24.4 Å². The zero-order valence-electron chi connectivity index (χ0n) is 13.9. The van der Waals surface area contributed by atoms with E-state index in [0.717, 1.165) is 0 Å². The monoisotopic (exact) mass is 342 g/mol. The van der Waals surface area contributed by atoms with Gasteiger partial charge in [0.05, 0.1) is 12.7 Å². The number of hydrogen-bond acceptors (Lipinski definition) is 5. The molecule has 2 N–H and O–H groups in total. The summed E-state index contributed by atoms with van der Waals surface area (Å²) in [4.78, 5) is 23.8. The second-order valence-electron chi connectivity index (χ2n) is 5.41. The predicted molar refractivity (Wildman–Crippen MR) is 92.7 cm³/mol. The second kappa shape index (κ2) is 7.12. The third-order valence-electron chi connectivity index (χ3n) is 3.56. The summed E-state index contributed by atoms with van der Waals surface area (Å²) in [6.45, 7) is 2.38. The quantitative estimate of drug-likeness (QED) is 0.892. The number of rotatable bonds is 4. The zero-order chi connectivity index (χ0) is 17.8. The summed E-state index contributed by atoms with van der Waals surface area (Å²) >= 11 is 0. The SMILES string of the molecule is COc1ccc(NC(C)=O)cc1C(=O)Nc1ccc2c(c1)OCCO2. The summed E-state index contributed by atoms with van der Waals surface area (Å²) in [6, 6.07) is 10.0. The van der Waals surface area contributed by atoms with Crippen molar-refractivity contribution in [3.8, 4) is 17.2 Å². The predicted octanol–water partition coefficient (Wildman–Crippen LogP) is 2.68. The molecule has 3 rings (SSSR count). The van der Waals surface area contributed by atoms with Crippen molar-refractivity contribution in [3.05, 3.63) is 42.0 Å². The van der Waals surface area contributed by atoms with Gasteiger partial charge in [-0.3, -0.25) is 9.59 Å². The summed E-state index contributed by atoms with van der Waals surface area (Å²) in [5, 5.41) is 5.44. The Bertz CT molecular complexity index is 819. The molecule has 1 aliphatic heterocycles. The van der Waals surface area contributed by atoms with Crippen molar-refractivity contribution in [2.75, 3.05) is 31.0 Å². The van der Waals surface area contributed by atoms with E-state index in [2.05, 4.69) is 10.6 Å². The number of hydrogen-bond donors (Lipinski definition) is 2. The molecule has 130 valence electrons. The molecular formula is C18H18N2O5. The van der Waals surface area contributed by atoms with Crippen LogP contribution in [0.15, 0.2) is 36.4 Å². The highest BCUT2D eigenvalue weighted by Crippen LogP contribution is 2.33. The van der Waals surface area contributed by atoms with Crippen molar-refractivity contribution >= 4 is 23.2 Å². The Hall–Kier alpha value is -3.22. The van der Waals surface area contributed by atoms with E-state index in [1.54, 1.807) is 36.4 Å². The van der Waals surface area contributed by atoms with E-state index in [1.807, 2.05) is 0 Å². The van der Waals surface area contributed by atoms with Gasteiger partial charge in [0.2, 0.25) is 5.91 Å². The Labute approximate surface area is 144 Å². The van der Waals surface area contributed by atoms with Crippen LogP contribution in [-0.2, 0) is 4.79 Å². The molecule has 0 spiro atoms. The van der Waals surface area contributed by atoms with E-state index < -0.39 is 0 Å². The van der Waals surface area contributed by atoms with E-state index >= 15 is 0 Å². The van der Waals surface area contributed by atoms with Crippen LogP contribution >= 0.6 is 0 Å². The van der Waals surface area contributed by atoms with Gasteiger partial charge in [-0.05, 0) is 30.3 Å². The van der Waals surface area contributed by atoms with E-state index in [0.29, 0.717) is 47.4 Å². The average molecular weight is 342 g/mol. The van der Waals surface area contributed by atoms with Crippen LogP contribution in [0.3, 0.4) is 0 Å². The van der Waals surface area contributed by atoms with Crippen molar-refractivity contribution in [1.82, 2.24) is 0 Å². The molecule has 7 heteroatoms. The van der Waals surface area contributed by atoms with Gasteiger partial charge in [0.1, 0.15) is 19.0 Å². The Morgan fingerprint density at radius 3 is 2.36 bits per heavy atom. The molecule has 0 saturated heterocycles. The minimum Gasteiger partial charge on any atom is -0.496 e. The van der Waals surface area contributed by atoms with E-state index in [4.69, 9.17) is 14.2 Å². The van der Waals surface area contributed by atoms with Crippen LogP contribution in [0.1, 0.15) is 17.3 Å². The van der Waals surface area contributed by atoms with Gasteiger partial charge in [-0.15, -0.1) is 0 Å². The van der Waals surface area contributed by atoms with E-state index in [9.17, 15) is 9.59 Å². The lowest BCUT2D eigenvalue weighted by Gasteiger charge is -2.19. The van der Waals surface area contributed by atoms with Gasteiger partial charge in [0.15, 0.2) is 11.5 Å². The smallest absolute Gasteiger partial charge is 0.259 e. The van der Waals surface area contributed by atoms with Gasteiger partial charge in [-0.2, -0.15) is 0 Å². The largest absolute Gasteiger partial charge is 0.496 e. The topological polar surface area (TPSA) is 85.9 Å². The van der Waals surface area contributed by atoms with Crippen molar-refractivity contribution in [2.24, 2.45) is 0 Å². The summed E-state index contributed by atoms with van der Waals surface area (Å²) < 4.78 is 16.2. The third kappa shape index (κ3) is 3.82. The number of carbonyl (C=O) groups excluding carboxylic acids is 2. The Balaban J connectivity index is 1.83. The van der Waals surface area contributed by atoms with Gasteiger partial charge >= 0.3 is 0 Å². The molecular weight excluding hydrogens is 324 g/mol. The fraction of sp³-hybridized carbons (Fsp3) is 0.222. The molecule has 0 aromatic heterocycles. The van der Waals surface area contributed by atoms with Crippen molar-refractivity contribution in [1.29, 1.82) is 0 Å². The van der Waals surface area contributed by atoms with Crippen LogP contribution in [0.5, 0.6) is 17.2 Å². The van der Waals surface area contributed by atoms with E-state index in [1.165, 1.54) is 14.0 Å². The summed E-state index contributed by atoms with van der Waals surface area (Å²) in [7, 11) is 1.48. The minimum absolute atomic E-state index is 0.219. The van der Waals surface area contributed by atoms with Crippen molar-refractivity contribution in [3.63, 3.8) is 0 Å². The molecule has 1 heterocycles. The van der Waals surface area contributed by atoms with Crippen LogP contribution in [0.4, 0.5) is 11.4 Å². The standard InChI is InChI=1S/C18H18N2O5/c1-11(21)19-12-3-5-15(23-2)14(9-12)18(22)20-13-4-6-16-17(10-13)25-8-7-24-16/h3-6,9-10H,7-8H2,1-2H3,(H,19,21)(H,20,22). The maximum Gasteiger partial charge on any atom is 0.259 e. The Kier molecular flexibility index (Phi) is 4.74. The molecule has 25 heavy (non-hydrogen) atoms. The van der Waals surface area contributed by atoms with Crippen LogP contribution < -0.4 is 24.8 Å². The fourth-order valence-corrected chi connectivity index (χ4v) is 2.49. The second-order valence-corrected chi connectivity index (χ2v) is 5.41. The summed E-state index contributed by atoms with van der Waals surface area (Å²) in [5.41, 5.74) is 1.39. The van der Waals surface area contributed by atoms with Crippen LogP contribution in [0, 0.1) is 0 Å². The van der Waals surface area contributed by atoms with Gasteiger partial charge in [-0.25, -0.2) is 0 Å². The molecule has 0 bridgehead atoms. The molecule has 0 saturated carbocycles. The number of carbonyl (C=O) groups is 2. The van der Waals surface area contributed by atoms with E-state index in [-0.39, 0.29) is 11.8 Å². The van der Waals surface area contributed by atoms with Crippen LogP contribution in [0.25, 0.3) is 0 Å². The van der Waals surface area contributed by atoms with Gasteiger partial charge in [-0.1, -0.05) is 0 Å². The number of amides is 2. The van der Waals surface area contributed by atoms with Crippen LogP contribution in [0.2, 0.25) is 0 Å². The molecule has 2 amide bonds. The Morgan fingerprint density at radius 2 is 1.64 bits per heavy atom. The molecule has 2 aromatic rings. The molecule has 1 aliphatic rings. The molecule has 0 fully saturated rings. The molecule has 0 atom stereocenters. The molecule has 7 nitrogen and oxygen atoms in total. The van der Waals surface area contributed by atoms with Crippen LogP contribution in [-0.4, -0.2) is 32.1 Å². The first-order valence-corrected chi connectivity index (χ1v) is 7.73. The number of anilines is 2. The normalized spacial score (nSPS) is 12.2. The zero-order valence-corrected chi connectivity index (χ0v) is 13.9. The minimum atomic E-state index is -0.360. The third-order valence-corrected chi connectivity index (χ3v) is 3.56. The Morgan fingerprint density at radius 1 is 0.960 bits per heavy atom. The number of fused-ring (bicyclic) bond motifs is 1. The van der Waals surface area contributed by atoms with Crippen molar-refractivity contribution in [2.45, 2.75) is 6.92 Å². The molecule has 0 unspecified atom stereocenters. The van der Waals surface area contributed by atoms with Gasteiger partial charge in [0.25, 0.3) is 5.91 Å². The highest BCUT2D eigenvalue weighted by atomic mass is 16.6. The summed E-state index contributed by atoms with van der Waals surface area (Å²) in [5.74, 6) is 1.06. The maximum atomic E-state index is 12.6. The van der Waals surface area contributed by atoms with Crippen molar-refractivity contribution < 1.29 is 23.8 Å². The fourth-order valence-electron chi connectivity index (χ4n) is 2.49. The first-order chi connectivity index (χ1) is 12.1. The first kappa shape index (κ1) is 16.6. The molecule has 2 aromatic carbocycles. The lowest BCUT2D eigenvalue weighted by Crippen LogP contribution is -2.17. The lowest BCUT2D eigenvalue weighted by molar-refractivity contribution is -0.114. The highest BCUT2D eigenvalue weighted by molar-refractivity contribution is 6.07. The number of nitrogens with one attached hydrogen (secondary N) is 2. The highest BCUT2D eigenvalue weighted by Gasteiger charge is 2.16. The maximum absolute atomic E-state index is 12.6. The molecule has 0 aliphatic carbocycles. The number of methoxy groups -OCH3 is 1. The van der Waals surface area contributed by atoms with Gasteiger partial charge < -0.3 is 24.8 Å².